The number of cyclic esters (lactones) is 4. The first-order chi connectivity index (χ1) is 65.6. The molecule has 4 aromatic heterocycles. The zero-order chi connectivity index (χ0) is 103. The molecule has 5 atom stereocenters. The number of carbonyl (C=O) groups excluding carboxylic acids is 12. The number of aliphatic carboxylic acids is 1. The molecule has 1 saturated carbocycles. The molecule has 0 spiro atoms. The molecule has 0 radical (unpaired) electrons. The third-order valence-corrected chi connectivity index (χ3v) is 23.2. The number of nitrogens with zero attached hydrogens (tertiary/aromatic N) is 4. The summed E-state index contributed by atoms with van der Waals surface area (Å²) < 4.78 is 61.4. The maximum Gasteiger partial charge on any atom is 0.514 e. The predicted molar refractivity (Wildman–Crippen MR) is 513 cm³/mol. The monoisotopic (exact) mass is 1940 g/mol. The predicted octanol–water partition coefficient (Wildman–Crippen LogP) is 14.7. The number of ether oxygens (including phenoxy) is 11. The van der Waals surface area contributed by atoms with Crippen LogP contribution in [0.25, 0.3) is 44.6 Å². The molecular weight excluding hydrogens is 1810 g/mol. The molecule has 35 nitrogen and oxygen atoms in total. The van der Waals surface area contributed by atoms with E-state index in [1.165, 1.54) is 0 Å². The van der Waals surface area contributed by atoms with Crippen molar-refractivity contribution in [1.82, 2.24) is 29.7 Å². The van der Waals surface area contributed by atoms with Crippen molar-refractivity contribution in [3.05, 3.63) is 186 Å². The highest BCUT2D eigenvalue weighted by Gasteiger charge is 2.52. The first-order valence-corrected chi connectivity index (χ1v) is 47.3. The Morgan fingerprint density at radius 1 is 0.493 bits per heavy atom. The number of aromatic nitrogens is 4. The number of amides is 2. The van der Waals surface area contributed by atoms with Crippen LogP contribution in [0.5, 0.6) is 11.5 Å². The summed E-state index contributed by atoms with van der Waals surface area (Å²) in [6.07, 6.45) is 5.49. The van der Waals surface area contributed by atoms with Crippen LogP contribution in [-0.4, -0.2) is 153 Å². The minimum Gasteiger partial charge on any atom is -0.481 e. The number of aryl methyl sites for hydroxylation is 2. The third kappa shape index (κ3) is 28.6. The van der Waals surface area contributed by atoms with E-state index in [-0.39, 0.29) is 123 Å². The quantitative estimate of drug-likeness (QED) is 0.0162. The van der Waals surface area contributed by atoms with E-state index in [2.05, 4.69) is 15.4 Å². The van der Waals surface area contributed by atoms with Gasteiger partial charge >= 0.3 is 66.0 Å². The van der Waals surface area contributed by atoms with Gasteiger partial charge in [0.1, 0.15) is 70.8 Å². The Labute approximate surface area is 812 Å². The zero-order valence-electron chi connectivity index (χ0n) is 83.1. The fraction of sp³-hybridized carbons (Fsp3) is 0.495. The van der Waals surface area contributed by atoms with Gasteiger partial charge in [-0.1, -0.05) is 120 Å². The van der Waals surface area contributed by atoms with Gasteiger partial charge in [0.15, 0.2) is 5.60 Å². The second-order valence-corrected chi connectivity index (χ2v) is 40.0. The van der Waals surface area contributed by atoms with Crippen LogP contribution < -0.4 is 37.0 Å². The van der Waals surface area contributed by atoms with Crippen molar-refractivity contribution in [2.45, 2.75) is 331 Å². The van der Waals surface area contributed by atoms with Crippen LogP contribution in [0, 0.1) is 5.92 Å². The number of nitrogens with two attached hydrogens (primary N) is 1. The Balaban J connectivity index is 0.000000207. The van der Waals surface area contributed by atoms with Gasteiger partial charge < -0.3 is 87.8 Å². The molecule has 0 bridgehead atoms. The summed E-state index contributed by atoms with van der Waals surface area (Å²) in [5.74, 6) is -5.80. The van der Waals surface area contributed by atoms with Gasteiger partial charge in [-0.05, 0) is 219 Å². The van der Waals surface area contributed by atoms with Crippen molar-refractivity contribution < 1.29 is 125 Å². The highest BCUT2D eigenvalue weighted by Crippen LogP contribution is 2.45. The molecule has 35 heteroatoms. The first-order valence-electron chi connectivity index (χ1n) is 47.3. The number of aliphatic hydroxyl groups is 1. The molecule has 2 amide bonds. The van der Waals surface area contributed by atoms with Gasteiger partial charge in [-0.3, -0.25) is 43.2 Å². The fourth-order valence-corrected chi connectivity index (χ4v) is 16.8. The smallest absolute Gasteiger partial charge is 0.481 e. The Hall–Kier alpha value is -13.6. The first kappa shape index (κ1) is 108. The van der Waals surface area contributed by atoms with E-state index in [9.17, 15) is 77.0 Å². The number of rotatable bonds is 24. The Bertz CT molecular complexity index is 6130. The molecule has 140 heavy (non-hydrogen) atoms. The standard InChI is InChI=1S/C44H55N3O11.C27H28N2O7.C17H23NO5.C13H19NO2.C4H4O3/c1-9-27-28-21-26(55-41(53)58-43(6,7)8)16-17-32(28)46-37-29(27)23-47-34(37)22-31-30(38(47)50)24-54-40(52)44(31,10-2)56-36(49)19-18-35(48)45-33(39(51)57-42(3,4)5)20-25-14-12-11-13-15-25;1-6-15-16-10-14(35-25(32)36-26(3,4)5)8-9-20(16)28-22-17(15)12-29-21(22)11-19-18(23(29)30)13-34-24(31)27(19,33)7-2;1-17(2,3)23-16(22)13(11-12-7-5-4-6-8-12)18-14(19)9-10-15(20)21;1-13(2,3)16-12(15)11(14)9-10-7-5-4-6-8-10;5-3-1-2-4(6)7-3/h16-17,21-22,25,33H,9-15,18-20,23-24H2,1-8H3,(H,45,48);8-11,33H,6-7,12-13H2,1-5H3;4-8,13H,9-11H2,1-3H3,(H,18,19)(H,20,21);4-8,11H,9,14H2,1-3H3;1-2H2/t33-,44-;27-;13-;11-;/m0000./s1. The number of nitrogens with one attached hydrogen (secondary N) is 2. The Kier molecular flexibility index (Phi) is 35.3. The molecule has 6 N–H and O–H groups in total. The molecule has 752 valence electrons. The molecule has 4 aromatic carbocycles. The van der Waals surface area contributed by atoms with E-state index in [1.807, 2.05) is 95.3 Å². The normalized spacial score (nSPS) is 16.8. The van der Waals surface area contributed by atoms with E-state index >= 15 is 0 Å². The number of esters is 8. The van der Waals surface area contributed by atoms with Crippen LogP contribution >= 0.6 is 0 Å². The van der Waals surface area contributed by atoms with Crippen LogP contribution in [0.4, 0.5) is 9.59 Å². The van der Waals surface area contributed by atoms with E-state index < -0.39 is 135 Å². The number of pyridine rings is 4. The molecule has 0 unspecified atom stereocenters. The minimum atomic E-state index is -1.95. The number of benzene rings is 4. The highest BCUT2D eigenvalue weighted by atomic mass is 16.7. The molecule has 9 heterocycles. The number of carboxylic acids is 1. The molecular formula is C105H129N7O28. The minimum absolute atomic E-state index is 0.0413. The van der Waals surface area contributed by atoms with E-state index in [0.29, 0.717) is 71.8 Å². The van der Waals surface area contributed by atoms with Crippen LogP contribution in [0.3, 0.4) is 0 Å². The lowest BCUT2D eigenvalue weighted by Gasteiger charge is -2.35. The molecule has 14 rings (SSSR count). The van der Waals surface area contributed by atoms with E-state index in [1.54, 1.807) is 155 Å². The maximum atomic E-state index is 14.2. The number of hydrogen-bond acceptors (Lipinski definition) is 30. The second kappa shape index (κ2) is 45.6. The SMILES string of the molecule is CC(C)(C)OC(=O)[C@@H](N)Cc1ccccc1.CC(C)(C)OC(=O)[C@H](Cc1ccccc1)NC(=O)CCC(=O)O.CCc1c2c(nc3ccc(OC(=O)OC(C)(C)C)cc13)-c1cc3c(c(=O)n1C2)COC(=O)[C@@]3(CC)OC(=O)CCC(=O)N[C@@H](CC1CCCCC1)C(=O)OC(C)(C)C.CCc1c2c(nc3ccc(OC(=O)OC(C)(C)C)cc13)-c1cc3c(c(=O)n1C2)COC(=O)[C@]3(O)CC.O=C1CCC(=O)O1. The lowest BCUT2D eigenvalue weighted by molar-refractivity contribution is -0.189. The third-order valence-electron chi connectivity index (χ3n) is 23.2. The number of fused-ring (bicyclic) bond motifs is 10. The van der Waals surface area contributed by atoms with Gasteiger partial charge in [0, 0.05) is 52.3 Å². The van der Waals surface area contributed by atoms with Gasteiger partial charge in [0.25, 0.3) is 11.1 Å². The maximum absolute atomic E-state index is 14.2. The Morgan fingerprint density at radius 2 is 0.914 bits per heavy atom. The van der Waals surface area contributed by atoms with Crippen molar-refractivity contribution in [1.29, 1.82) is 0 Å². The lowest BCUT2D eigenvalue weighted by Crippen LogP contribution is -2.48. The molecule has 1 aliphatic carbocycles. The average molecular weight is 1940 g/mol. The van der Waals surface area contributed by atoms with Crippen LogP contribution in [0.2, 0.25) is 0 Å². The highest BCUT2D eigenvalue weighted by molar-refractivity contribution is 5.95. The van der Waals surface area contributed by atoms with Gasteiger partial charge in [0.05, 0.1) is 83.7 Å². The second-order valence-electron chi connectivity index (χ2n) is 40.0. The molecule has 5 aliphatic heterocycles. The van der Waals surface area contributed by atoms with Crippen molar-refractivity contribution in [2.24, 2.45) is 11.7 Å². The van der Waals surface area contributed by atoms with Crippen molar-refractivity contribution in [3.8, 4) is 34.3 Å². The lowest BCUT2D eigenvalue weighted by atomic mass is 9.84. The molecule has 6 aliphatic rings. The Morgan fingerprint density at radius 3 is 1.34 bits per heavy atom. The van der Waals surface area contributed by atoms with E-state index in [0.717, 1.165) is 76.3 Å². The number of hydrogen-bond donors (Lipinski definition) is 5. The van der Waals surface area contributed by atoms with Crippen LogP contribution in [-0.2, 0) is 159 Å². The summed E-state index contributed by atoms with van der Waals surface area (Å²) >= 11 is 0. The number of carbonyl (C=O) groups is 13. The van der Waals surface area contributed by atoms with Gasteiger partial charge in [0.2, 0.25) is 17.4 Å². The summed E-state index contributed by atoms with van der Waals surface area (Å²) in [7, 11) is 0. The molecule has 8 aromatic rings. The molecule has 1 saturated heterocycles. The van der Waals surface area contributed by atoms with E-state index in [4.69, 9.17) is 68.2 Å². The topological polar surface area (TPSA) is 484 Å². The summed E-state index contributed by atoms with van der Waals surface area (Å²) in [4.78, 5) is 194. The summed E-state index contributed by atoms with van der Waals surface area (Å²) in [6.45, 7) is 33.9. The van der Waals surface area contributed by atoms with Gasteiger partial charge in [-0.15, -0.1) is 0 Å². The van der Waals surface area contributed by atoms with Crippen molar-refractivity contribution in [3.63, 3.8) is 0 Å². The van der Waals surface area contributed by atoms with Crippen molar-refractivity contribution >= 4 is 99.7 Å². The van der Waals surface area contributed by atoms with Crippen molar-refractivity contribution in [2.75, 3.05) is 0 Å². The number of carboxylic acid groups (broad SMARTS) is 1. The van der Waals surface area contributed by atoms with Gasteiger partial charge in [-0.2, -0.15) is 0 Å². The molecule has 2 fully saturated rings. The summed E-state index contributed by atoms with van der Waals surface area (Å²) in [5, 5.41) is 26.6. The van der Waals surface area contributed by atoms with Crippen LogP contribution in [0.1, 0.15) is 277 Å². The average Bonchev–Trinajstić information content (AvgIpc) is 1.55. The zero-order valence-corrected chi connectivity index (χ0v) is 83.1. The summed E-state index contributed by atoms with van der Waals surface area (Å²) in [6, 6.07) is 30.2. The summed E-state index contributed by atoms with van der Waals surface area (Å²) in [5.41, 5.74) is 7.86. The fourth-order valence-electron chi connectivity index (χ4n) is 16.8. The van der Waals surface area contributed by atoms with Crippen LogP contribution in [0.15, 0.2) is 119 Å². The largest absolute Gasteiger partial charge is 0.514 e. The van der Waals surface area contributed by atoms with Gasteiger partial charge in [-0.25, -0.2) is 38.7 Å².